The Morgan fingerprint density at radius 1 is 1.22 bits per heavy atom. The van der Waals surface area contributed by atoms with Crippen LogP contribution in [0.15, 0.2) is 48.8 Å². The highest BCUT2D eigenvalue weighted by molar-refractivity contribution is 5.94. The van der Waals surface area contributed by atoms with Gasteiger partial charge in [-0.2, -0.15) is 0 Å². The van der Waals surface area contributed by atoms with Crippen molar-refractivity contribution in [3.05, 3.63) is 59.9 Å². The SMILES string of the molecule is COCCCNC(=O)c1cncc(N2CCC(Cc3ccccc3)CC2)c1. The lowest BCUT2D eigenvalue weighted by atomic mass is 9.90. The number of nitrogens with zero attached hydrogens (tertiary/aromatic N) is 2. The second kappa shape index (κ2) is 10.1. The number of amides is 1. The number of ether oxygens (including phenoxy) is 1. The van der Waals surface area contributed by atoms with Gasteiger partial charge in [0.1, 0.15) is 0 Å². The van der Waals surface area contributed by atoms with Crippen LogP contribution < -0.4 is 10.2 Å². The zero-order valence-electron chi connectivity index (χ0n) is 16.1. The topological polar surface area (TPSA) is 54.5 Å². The molecule has 0 aliphatic carbocycles. The molecule has 5 nitrogen and oxygen atoms in total. The zero-order valence-corrected chi connectivity index (χ0v) is 16.1. The number of piperidine rings is 1. The van der Waals surface area contributed by atoms with Crippen LogP contribution in [0.2, 0.25) is 0 Å². The number of benzene rings is 1. The Morgan fingerprint density at radius 2 is 2.00 bits per heavy atom. The first-order valence-corrected chi connectivity index (χ1v) is 9.77. The van der Waals surface area contributed by atoms with Crippen LogP contribution in [0.5, 0.6) is 0 Å². The molecule has 3 rings (SSSR count). The maximum atomic E-state index is 12.3. The summed E-state index contributed by atoms with van der Waals surface area (Å²) in [7, 11) is 1.66. The molecule has 1 amide bonds. The normalized spacial score (nSPS) is 14.9. The van der Waals surface area contributed by atoms with Gasteiger partial charge < -0.3 is 15.0 Å². The Morgan fingerprint density at radius 3 is 2.74 bits per heavy atom. The van der Waals surface area contributed by atoms with Gasteiger partial charge in [-0.25, -0.2) is 0 Å². The van der Waals surface area contributed by atoms with E-state index in [1.807, 2.05) is 12.3 Å². The van der Waals surface area contributed by atoms with Crippen LogP contribution >= 0.6 is 0 Å². The third kappa shape index (κ3) is 5.79. The predicted molar refractivity (Wildman–Crippen MR) is 108 cm³/mol. The number of hydrogen-bond acceptors (Lipinski definition) is 4. The fourth-order valence-corrected chi connectivity index (χ4v) is 3.59. The molecule has 1 aromatic carbocycles. The van der Waals surface area contributed by atoms with Crippen LogP contribution in [-0.2, 0) is 11.2 Å². The highest BCUT2D eigenvalue weighted by Crippen LogP contribution is 2.25. The molecule has 0 bridgehead atoms. The molecule has 0 unspecified atom stereocenters. The number of methoxy groups -OCH3 is 1. The summed E-state index contributed by atoms with van der Waals surface area (Å²) in [5.41, 5.74) is 3.08. The highest BCUT2D eigenvalue weighted by Gasteiger charge is 2.20. The van der Waals surface area contributed by atoms with Gasteiger partial charge in [0.05, 0.1) is 17.4 Å². The number of nitrogens with one attached hydrogen (secondary N) is 1. The largest absolute Gasteiger partial charge is 0.385 e. The van der Waals surface area contributed by atoms with Crippen molar-refractivity contribution in [2.24, 2.45) is 5.92 Å². The van der Waals surface area contributed by atoms with E-state index >= 15 is 0 Å². The lowest BCUT2D eigenvalue weighted by Crippen LogP contribution is -2.34. The van der Waals surface area contributed by atoms with Crippen LogP contribution in [0, 0.1) is 5.92 Å². The van der Waals surface area contributed by atoms with E-state index in [0.29, 0.717) is 18.7 Å². The van der Waals surface area contributed by atoms with Crippen molar-refractivity contribution < 1.29 is 9.53 Å². The van der Waals surface area contributed by atoms with E-state index in [4.69, 9.17) is 4.74 Å². The van der Waals surface area contributed by atoms with Crippen LogP contribution in [0.4, 0.5) is 5.69 Å². The Hall–Kier alpha value is -2.40. The van der Waals surface area contributed by atoms with Crippen molar-refractivity contribution in [1.29, 1.82) is 0 Å². The molecule has 27 heavy (non-hydrogen) atoms. The van der Waals surface area contributed by atoms with Gasteiger partial charge in [-0.15, -0.1) is 0 Å². The molecule has 1 saturated heterocycles. The molecule has 1 fully saturated rings. The standard InChI is InChI=1S/C22H29N3O2/c1-27-13-5-10-24-22(26)20-15-21(17-23-16-20)25-11-8-19(9-12-25)14-18-6-3-2-4-7-18/h2-4,6-7,15-17,19H,5,8-14H2,1H3,(H,24,26). The summed E-state index contributed by atoms with van der Waals surface area (Å²) in [6.45, 7) is 3.29. The summed E-state index contributed by atoms with van der Waals surface area (Å²) < 4.78 is 5.00. The number of carbonyl (C=O) groups excluding carboxylic acids is 1. The molecule has 0 spiro atoms. The van der Waals surface area contributed by atoms with Gasteiger partial charge in [0.25, 0.3) is 5.91 Å². The van der Waals surface area contributed by atoms with Gasteiger partial charge in [0, 0.05) is 39.5 Å². The summed E-state index contributed by atoms with van der Waals surface area (Å²) in [5, 5.41) is 2.92. The maximum Gasteiger partial charge on any atom is 0.252 e. The number of hydrogen-bond donors (Lipinski definition) is 1. The molecule has 2 aromatic rings. The molecule has 1 aliphatic heterocycles. The van der Waals surface area contributed by atoms with E-state index in [-0.39, 0.29) is 5.91 Å². The molecule has 1 aromatic heterocycles. The van der Waals surface area contributed by atoms with Crippen molar-refractivity contribution in [1.82, 2.24) is 10.3 Å². The summed E-state index contributed by atoms with van der Waals surface area (Å²) in [6, 6.07) is 12.7. The number of carbonyl (C=O) groups is 1. The van der Waals surface area contributed by atoms with E-state index < -0.39 is 0 Å². The van der Waals surface area contributed by atoms with E-state index in [0.717, 1.165) is 37.5 Å². The second-order valence-electron chi connectivity index (χ2n) is 7.15. The van der Waals surface area contributed by atoms with Gasteiger partial charge in [-0.1, -0.05) is 30.3 Å². The van der Waals surface area contributed by atoms with E-state index in [1.54, 1.807) is 13.3 Å². The van der Waals surface area contributed by atoms with E-state index in [2.05, 4.69) is 45.5 Å². The van der Waals surface area contributed by atoms with Gasteiger partial charge in [-0.3, -0.25) is 9.78 Å². The molecule has 0 saturated carbocycles. The first-order chi connectivity index (χ1) is 13.3. The average Bonchev–Trinajstić information content (AvgIpc) is 2.72. The van der Waals surface area contributed by atoms with Crippen molar-refractivity contribution in [2.45, 2.75) is 25.7 Å². The van der Waals surface area contributed by atoms with Gasteiger partial charge >= 0.3 is 0 Å². The second-order valence-corrected chi connectivity index (χ2v) is 7.15. The Kier molecular flexibility index (Phi) is 7.22. The minimum Gasteiger partial charge on any atom is -0.385 e. The van der Waals surface area contributed by atoms with Crippen LogP contribution in [-0.4, -0.2) is 44.2 Å². The highest BCUT2D eigenvalue weighted by atomic mass is 16.5. The lowest BCUT2D eigenvalue weighted by molar-refractivity contribution is 0.0948. The minimum atomic E-state index is -0.0700. The number of rotatable bonds is 8. The summed E-state index contributed by atoms with van der Waals surface area (Å²) in [4.78, 5) is 18.9. The molecule has 1 N–H and O–H groups in total. The van der Waals surface area contributed by atoms with Gasteiger partial charge in [0.2, 0.25) is 0 Å². The van der Waals surface area contributed by atoms with Gasteiger partial charge in [0.15, 0.2) is 0 Å². The summed E-state index contributed by atoms with van der Waals surface area (Å²) in [6.07, 6.45) is 7.79. The van der Waals surface area contributed by atoms with Crippen molar-refractivity contribution in [2.75, 3.05) is 38.3 Å². The number of anilines is 1. The fourth-order valence-electron chi connectivity index (χ4n) is 3.59. The Labute approximate surface area is 161 Å². The lowest BCUT2D eigenvalue weighted by Gasteiger charge is -2.33. The first-order valence-electron chi connectivity index (χ1n) is 9.77. The average molecular weight is 367 g/mol. The predicted octanol–water partition coefficient (Wildman–Crippen LogP) is 3.31. The van der Waals surface area contributed by atoms with E-state index in [9.17, 15) is 4.79 Å². The molecule has 1 aliphatic rings. The fraction of sp³-hybridized carbons (Fsp3) is 0.455. The van der Waals surface area contributed by atoms with Crippen molar-refractivity contribution in [3.8, 4) is 0 Å². The monoisotopic (exact) mass is 367 g/mol. The van der Waals surface area contributed by atoms with Gasteiger partial charge in [-0.05, 0) is 43.2 Å². The molecule has 0 atom stereocenters. The summed E-state index contributed by atoms with van der Waals surface area (Å²) >= 11 is 0. The summed E-state index contributed by atoms with van der Waals surface area (Å²) in [5.74, 6) is 0.656. The zero-order chi connectivity index (χ0) is 18.9. The first kappa shape index (κ1) is 19.4. The smallest absolute Gasteiger partial charge is 0.252 e. The Balaban J connectivity index is 1.51. The van der Waals surface area contributed by atoms with Crippen molar-refractivity contribution in [3.63, 3.8) is 0 Å². The molecule has 0 radical (unpaired) electrons. The molecule has 5 heteroatoms. The molecular formula is C22H29N3O2. The number of pyridine rings is 1. The van der Waals surface area contributed by atoms with Crippen molar-refractivity contribution >= 4 is 11.6 Å². The molecular weight excluding hydrogens is 338 g/mol. The third-order valence-corrected chi connectivity index (χ3v) is 5.14. The molecule has 2 heterocycles. The Bertz CT molecular complexity index is 713. The third-order valence-electron chi connectivity index (χ3n) is 5.14. The minimum absolute atomic E-state index is 0.0700. The maximum absolute atomic E-state index is 12.3. The number of aromatic nitrogens is 1. The van der Waals surface area contributed by atoms with E-state index in [1.165, 1.54) is 18.4 Å². The molecule has 144 valence electrons. The quantitative estimate of drug-likeness (QED) is 0.728. The van der Waals surface area contributed by atoms with Crippen LogP contribution in [0.3, 0.4) is 0 Å². The van der Waals surface area contributed by atoms with Crippen LogP contribution in [0.25, 0.3) is 0 Å². The van der Waals surface area contributed by atoms with Crippen LogP contribution in [0.1, 0.15) is 35.2 Å².